The van der Waals surface area contributed by atoms with Gasteiger partial charge in [-0.3, -0.25) is 5.43 Å². The Labute approximate surface area is 83.4 Å². The normalized spacial score (nSPS) is 11.3. The van der Waals surface area contributed by atoms with Crippen molar-refractivity contribution in [3.05, 3.63) is 11.8 Å². The maximum atomic E-state index is 12.3. The monoisotopic (exact) mass is 222 g/mol. The van der Waals surface area contributed by atoms with Crippen LogP contribution in [0.4, 0.5) is 19.1 Å². The summed E-state index contributed by atoms with van der Waals surface area (Å²) in [5.41, 5.74) is 0.833. The van der Waals surface area contributed by atoms with Crippen LogP contribution in [0.2, 0.25) is 0 Å². The Bertz CT molecular complexity index is 341. The SMILES string of the molecule is CCOc1cc(C(F)(F)F)nc(NN)n1. The first-order valence-electron chi connectivity index (χ1n) is 4.03. The van der Waals surface area contributed by atoms with Crippen molar-refractivity contribution < 1.29 is 17.9 Å². The van der Waals surface area contributed by atoms with E-state index in [0.29, 0.717) is 6.07 Å². The highest BCUT2D eigenvalue weighted by molar-refractivity contribution is 5.30. The Kier molecular flexibility index (Phi) is 3.30. The van der Waals surface area contributed by atoms with E-state index in [1.807, 2.05) is 5.43 Å². The summed E-state index contributed by atoms with van der Waals surface area (Å²) in [6.45, 7) is 1.84. The second kappa shape index (κ2) is 4.30. The predicted molar refractivity (Wildman–Crippen MR) is 46.0 cm³/mol. The summed E-state index contributed by atoms with van der Waals surface area (Å²) in [6, 6.07) is 0.713. The number of hydrogen-bond donors (Lipinski definition) is 2. The Morgan fingerprint density at radius 3 is 2.60 bits per heavy atom. The molecule has 8 heteroatoms. The van der Waals surface area contributed by atoms with E-state index in [1.54, 1.807) is 6.92 Å². The van der Waals surface area contributed by atoms with Crippen molar-refractivity contribution in [3.8, 4) is 5.88 Å². The summed E-state index contributed by atoms with van der Waals surface area (Å²) < 4.78 is 41.8. The number of hydrazine groups is 1. The molecule has 0 fully saturated rings. The number of nitrogen functional groups attached to an aromatic ring is 1. The number of anilines is 1. The molecule has 3 N–H and O–H groups in total. The zero-order valence-electron chi connectivity index (χ0n) is 7.80. The number of nitrogens with two attached hydrogens (primary N) is 1. The Hall–Kier alpha value is -1.57. The molecule has 0 unspecified atom stereocenters. The van der Waals surface area contributed by atoms with Crippen LogP contribution >= 0.6 is 0 Å². The lowest BCUT2D eigenvalue weighted by atomic mass is 10.4. The van der Waals surface area contributed by atoms with Crippen LogP contribution in [-0.4, -0.2) is 16.6 Å². The van der Waals surface area contributed by atoms with Crippen LogP contribution < -0.4 is 16.0 Å². The van der Waals surface area contributed by atoms with E-state index >= 15 is 0 Å². The second-order valence-electron chi connectivity index (χ2n) is 2.49. The minimum atomic E-state index is -4.56. The third kappa shape index (κ3) is 2.94. The van der Waals surface area contributed by atoms with Gasteiger partial charge in [-0.15, -0.1) is 0 Å². The summed E-state index contributed by atoms with van der Waals surface area (Å²) in [5.74, 6) is 4.42. The summed E-state index contributed by atoms with van der Waals surface area (Å²) in [5, 5.41) is 0. The molecule has 0 bridgehead atoms. The molecule has 1 aromatic rings. The maximum absolute atomic E-state index is 12.3. The van der Waals surface area contributed by atoms with Gasteiger partial charge in [0.25, 0.3) is 0 Å². The molecule has 84 valence electrons. The van der Waals surface area contributed by atoms with Crippen molar-refractivity contribution in [2.24, 2.45) is 5.84 Å². The van der Waals surface area contributed by atoms with E-state index in [2.05, 4.69) is 9.97 Å². The molecule has 0 radical (unpaired) electrons. The lowest BCUT2D eigenvalue weighted by Crippen LogP contribution is -2.16. The van der Waals surface area contributed by atoms with Crippen LogP contribution in [0.5, 0.6) is 5.88 Å². The molecule has 0 atom stereocenters. The summed E-state index contributed by atoms with van der Waals surface area (Å²) in [6.07, 6.45) is -4.56. The van der Waals surface area contributed by atoms with E-state index in [-0.39, 0.29) is 18.4 Å². The number of ether oxygens (including phenoxy) is 1. The Balaban J connectivity index is 3.11. The molecule has 1 aromatic heterocycles. The third-order valence-electron chi connectivity index (χ3n) is 1.41. The number of alkyl halides is 3. The van der Waals surface area contributed by atoms with Crippen LogP contribution in [0.15, 0.2) is 6.07 Å². The van der Waals surface area contributed by atoms with Crippen molar-refractivity contribution >= 4 is 5.95 Å². The van der Waals surface area contributed by atoms with E-state index < -0.39 is 11.9 Å². The first kappa shape index (κ1) is 11.5. The van der Waals surface area contributed by atoms with Crippen molar-refractivity contribution in [3.63, 3.8) is 0 Å². The molecule has 0 aliphatic rings. The maximum Gasteiger partial charge on any atom is 0.433 e. The van der Waals surface area contributed by atoms with Gasteiger partial charge in [-0.2, -0.15) is 18.2 Å². The molecular formula is C7H9F3N4O. The molecule has 1 heterocycles. The fraction of sp³-hybridized carbons (Fsp3) is 0.429. The number of nitrogens with zero attached hydrogens (tertiary/aromatic N) is 2. The molecular weight excluding hydrogens is 213 g/mol. The molecule has 0 aromatic carbocycles. The largest absolute Gasteiger partial charge is 0.478 e. The van der Waals surface area contributed by atoms with E-state index in [1.165, 1.54) is 0 Å². The standard InChI is InChI=1S/C7H9F3N4O/c1-2-15-5-3-4(7(8,9)10)12-6(13-5)14-11/h3H,2,11H2,1H3,(H,12,13,14). The molecule has 0 aliphatic carbocycles. The fourth-order valence-electron chi connectivity index (χ4n) is 0.857. The molecule has 0 spiro atoms. The van der Waals surface area contributed by atoms with Crippen molar-refractivity contribution in [1.82, 2.24) is 9.97 Å². The van der Waals surface area contributed by atoms with Gasteiger partial charge < -0.3 is 4.74 Å². The number of rotatable bonds is 3. The first-order valence-corrected chi connectivity index (χ1v) is 4.03. The average molecular weight is 222 g/mol. The molecule has 5 nitrogen and oxygen atoms in total. The molecule has 0 saturated carbocycles. The number of hydrogen-bond acceptors (Lipinski definition) is 5. The Morgan fingerprint density at radius 1 is 1.47 bits per heavy atom. The first-order chi connectivity index (χ1) is 6.97. The van der Waals surface area contributed by atoms with Crippen molar-refractivity contribution in [1.29, 1.82) is 0 Å². The van der Waals surface area contributed by atoms with Gasteiger partial charge in [0.05, 0.1) is 6.61 Å². The predicted octanol–water partition coefficient (Wildman–Crippen LogP) is 1.18. The van der Waals surface area contributed by atoms with Crippen LogP contribution in [0.3, 0.4) is 0 Å². The highest BCUT2D eigenvalue weighted by atomic mass is 19.4. The van der Waals surface area contributed by atoms with Crippen molar-refractivity contribution in [2.45, 2.75) is 13.1 Å². The van der Waals surface area contributed by atoms with E-state index in [0.717, 1.165) is 0 Å². The van der Waals surface area contributed by atoms with Gasteiger partial charge in [-0.05, 0) is 6.92 Å². The van der Waals surface area contributed by atoms with E-state index in [4.69, 9.17) is 10.6 Å². The minimum Gasteiger partial charge on any atom is -0.478 e. The zero-order valence-corrected chi connectivity index (χ0v) is 7.80. The Morgan fingerprint density at radius 2 is 2.13 bits per heavy atom. The van der Waals surface area contributed by atoms with Gasteiger partial charge in [0, 0.05) is 6.07 Å². The quantitative estimate of drug-likeness (QED) is 0.593. The van der Waals surface area contributed by atoms with Crippen molar-refractivity contribution in [2.75, 3.05) is 12.0 Å². The van der Waals surface area contributed by atoms with Gasteiger partial charge in [-0.1, -0.05) is 0 Å². The topological polar surface area (TPSA) is 73.1 Å². The van der Waals surface area contributed by atoms with Crippen LogP contribution in [-0.2, 0) is 6.18 Å². The molecule has 0 saturated heterocycles. The lowest BCUT2D eigenvalue weighted by molar-refractivity contribution is -0.141. The highest BCUT2D eigenvalue weighted by Crippen LogP contribution is 2.29. The summed E-state index contributed by atoms with van der Waals surface area (Å²) >= 11 is 0. The summed E-state index contributed by atoms with van der Waals surface area (Å²) in [7, 11) is 0. The minimum absolute atomic E-state index is 0.173. The average Bonchev–Trinajstić information content (AvgIpc) is 2.16. The molecule has 0 aliphatic heterocycles. The van der Waals surface area contributed by atoms with Gasteiger partial charge in [-0.25, -0.2) is 10.8 Å². The van der Waals surface area contributed by atoms with Gasteiger partial charge in [0.1, 0.15) is 0 Å². The number of aromatic nitrogens is 2. The van der Waals surface area contributed by atoms with Crippen LogP contribution in [0, 0.1) is 0 Å². The molecule has 0 amide bonds. The van der Waals surface area contributed by atoms with Crippen LogP contribution in [0.1, 0.15) is 12.6 Å². The zero-order chi connectivity index (χ0) is 11.5. The number of nitrogens with one attached hydrogen (secondary N) is 1. The summed E-state index contributed by atoms with van der Waals surface area (Å²) in [4.78, 5) is 6.74. The highest BCUT2D eigenvalue weighted by Gasteiger charge is 2.33. The smallest absolute Gasteiger partial charge is 0.433 e. The molecule has 1 rings (SSSR count). The van der Waals surface area contributed by atoms with Crippen LogP contribution in [0.25, 0.3) is 0 Å². The molecule has 15 heavy (non-hydrogen) atoms. The van der Waals surface area contributed by atoms with Gasteiger partial charge in [0.15, 0.2) is 5.69 Å². The van der Waals surface area contributed by atoms with E-state index in [9.17, 15) is 13.2 Å². The second-order valence-corrected chi connectivity index (χ2v) is 2.49. The van der Waals surface area contributed by atoms with Gasteiger partial charge in [0.2, 0.25) is 11.8 Å². The lowest BCUT2D eigenvalue weighted by Gasteiger charge is -2.09. The number of halogens is 3. The third-order valence-corrected chi connectivity index (χ3v) is 1.41. The van der Waals surface area contributed by atoms with Gasteiger partial charge >= 0.3 is 6.18 Å². The fourth-order valence-corrected chi connectivity index (χ4v) is 0.857.